The monoisotopic (exact) mass is 486 g/mol. The Kier molecular flexibility index (Phi) is 6.16. The van der Waals surface area contributed by atoms with Gasteiger partial charge >= 0.3 is 0 Å². The summed E-state index contributed by atoms with van der Waals surface area (Å²) in [5, 5.41) is 5.35. The fraction of sp³-hybridized carbons (Fsp3) is 0.192. The molecule has 0 unspecified atom stereocenters. The van der Waals surface area contributed by atoms with E-state index >= 15 is 0 Å². The van der Waals surface area contributed by atoms with Crippen molar-refractivity contribution in [3.63, 3.8) is 0 Å². The van der Waals surface area contributed by atoms with Crippen molar-refractivity contribution >= 4 is 22.7 Å². The number of benzene rings is 1. The Morgan fingerprint density at radius 1 is 1.14 bits per heavy atom. The Balaban J connectivity index is 1.49. The van der Waals surface area contributed by atoms with Gasteiger partial charge in [-0.3, -0.25) is 24.2 Å². The van der Waals surface area contributed by atoms with Gasteiger partial charge in [0.1, 0.15) is 28.3 Å². The molecule has 0 radical (unpaired) electrons. The van der Waals surface area contributed by atoms with Gasteiger partial charge in [-0.25, -0.2) is 4.39 Å². The first kappa shape index (κ1) is 23.2. The molecule has 0 aliphatic carbocycles. The zero-order valence-electron chi connectivity index (χ0n) is 19.3. The van der Waals surface area contributed by atoms with Crippen LogP contribution in [-0.2, 0) is 4.79 Å². The summed E-state index contributed by atoms with van der Waals surface area (Å²) in [6.07, 6.45) is 8.45. The highest BCUT2D eigenvalue weighted by Gasteiger charge is 2.28. The third-order valence-corrected chi connectivity index (χ3v) is 6.20. The molecule has 1 aliphatic heterocycles. The van der Waals surface area contributed by atoms with Crippen molar-refractivity contribution in [1.82, 2.24) is 24.6 Å². The first-order valence-electron chi connectivity index (χ1n) is 11.4. The number of amides is 2. The number of aromatic nitrogens is 4. The Labute approximate surface area is 206 Å². The van der Waals surface area contributed by atoms with E-state index in [1.165, 1.54) is 24.7 Å². The van der Waals surface area contributed by atoms with Gasteiger partial charge in [0, 0.05) is 42.6 Å². The van der Waals surface area contributed by atoms with Crippen molar-refractivity contribution in [3.05, 3.63) is 79.2 Å². The van der Waals surface area contributed by atoms with Gasteiger partial charge in [-0.1, -0.05) is 6.58 Å². The predicted molar refractivity (Wildman–Crippen MR) is 131 cm³/mol. The van der Waals surface area contributed by atoms with Gasteiger partial charge in [-0.15, -0.1) is 0 Å². The van der Waals surface area contributed by atoms with Crippen LogP contribution in [0.15, 0.2) is 67.8 Å². The number of carbonyl (C=O) groups excluding carboxylic acids is 2. The fourth-order valence-electron chi connectivity index (χ4n) is 4.47. The Bertz CT molecular complexity index is 1470. The number of pyridine rings is 2. The molecule has 1 saturated heterocycles. The molecule has 4 heterocycles. The van der Waals surface area contributed by atoms with Crippen LogP contribution in [-0.4, -0.2) is 49.6 Å². The van der Waals surface area contributed by atoms with E-state index in [9.17, 15) is 14.0 Å². The summed E-state index contributed by atoms with van der Waals surface area (Å²) in [4.78, 5) is 33.5. The van der Waals surface area contributed by atoms with Gasteiger partial charge in [-0.05, 0) is 49.2 Å². The van der Waals surface area contributed by atoms with Crippen molar-refractivity contribution in [2.45, 2.75) is 18.9 Å². The number of rotatable bonds is 6. The minimum atomic E-state index is -0.641. The highest BCUT2D eigenvalue weighted by Crippen LogP contribution is 2.34. The average Bonchev–Trinajstić information content (AvgIpc) is 3.30. The van der Waals surface area contributed by atoms with E-state index in [0.717, 1.165) is 18.4 Å². The fourth-order valence-corrected chi connectivity index (χ4v) is 4.47. The van der Waals surface area contributed by atoms with Crippen LogP contribution >= 0.6 is 0 Å². The summed E-state index contributed by atoms with van der Waals surface area (Å²) in [6, 6.07) is 8.42. The van der Waals surface area contributed by atoms with Crippen LogP contribution in [0.3, 0.4) is 0 Å². The maximum Gasteiger partial charge on any atom is 0.254 e. The molecule has 3 aromatic heterocycles. The van der Waals surface area contributed by atoms with E-state index in [-0.39, 0.29) is 17.5 Å². The lowest BCUT2D eigenvalue weighted by Gasteiger charge is -2.32. The van der Waals surface area contributed by atoms with Gasteiger partial charge < -0.3 is 15.4 Å². The molecule has 2 amide bonds. The number of likely N-dealkylation sites (tertiary alicyclic amines) is 1. The van der Waals surface area contributed by atoms with Gasteiger partial charge in [0.25, 0.3) is 5.91 Å². The van der Waals surface area contributed by atoms with Gasteiger partial charge in [0.15, 0.2) is 5.82 Å². The summed E-state index contributed by atoms with van der Waals surface area (Å²) in [6.45, 7) is 4.62. The zero-order chi connectivity index (χ0) is 25.2. The smallest absolute Gasteiger partial charge is 0.254 e. The molecule has 0 spiro atoms. The van der Waals surface area contributed by atoms with E-state index < -0.39 is 11.7 Å². The zero-order valence-corrected chi connectivity index (χ0v) is 19.3. The molecule has 1 aromatic carbocycles. The summed E-state index contributed by atoms with van der Waals surface area (Å²) in [5.74, 6) is -0.497. The van der Waals surface area contributed by atoms with Crippen LogP contribution < -0.4 is 10.5 Å². The molecule has 1 atom stereocenters. The number of carbonyl (C=O) groups is 2. The van der Waals surface area contributed by atoms with E-state index in [1.807, 2.05) is 0 Å². The number of hydrogen-bond acceptors (Lipinski definition) is 6. The van der Waals surface area contributed by atoms with Gasteiger partial charge in [0.05, 0.1) is 12.2 Å². The number of hydrogen-bond donors (Lipinski definition) is 1. The third-order valence-electron chi connectivity index (χ3n) is 6.20. The molecule has 0 saturated carbocycles. The lowest BCUT2D eigenvalue weighted by Crippen LogP contribution is -2.40. The molecule has 182 valence electrons. The van der Waals surface area contributed by atoms with Gasteiger partial charge in [-0.2, -0.15) is 5.10 Å². The van der Waals surface area contributed by atoms with E-state index in [2.05, 4.69) is 16.5 Å². The summed E-state index contributed by atoms with van der Waals surface area (Å²) >= 11 is 0. The predicted octanol–water partition coefficient (Wildman–Crippen LogP) is 3.87. The molecule has 2 N–H and O–H groups in total. The normalized spacial score (nSPS) is 15.6. The summed E-state index contributed by atoms with van der Waals surface area (Å²) in [7, 11) is 0. The van der Waals surface area contributed by atoms with Crippen LogP contribution in [0.25, 0.3) is 22.2 Å². The van der Waals surface area contributed by atoms with Crippen LogP contribution in [0.5, 0.6) is 11.5 Å². The maximum absolute atomic E-state index is 15.0. The number of piperidine rings is 1. The van der Waals surface area contributed by atoms with Crippen LogP contribution in [0.1, 0.15) is 29.2 Å². The number of nitrogens with zero attached hydrogens (tertiary/aromatic N) is 5. The average molecular weight is 487 g/mol. The topological polar surface area (TPSA) is 116 Å². The Hall–Kier alpha value is -4.60. The molecule has 1 fully saturated rings. The first-order chi connectivity index (χ1) is 17.5. The summed E-state index contributed by atoms with van der Waals surface area (Å²) in [5.41, 5.74) is 7.22. The van der Waals surface area contributed by atoms with Crippen molar-refractivity contribution in [3.8, 4) is 22.8 Å². The second kappa shape index (κ2) is 9.57. The highest BCUT2D eigenvalue weighted by molar-refractivity contribution is 5.95. The quantitative estimate of drug-likeness (QED) is 0.414. The van der Waals surface area contributed by atoms with Crippen molar-refractivity contribution in [2.24, 2.45) is 5.73 Å². The molecule has 0 bridgehead atoms. The van der Waals surface area contributed by atoms with Crippen LogP contribution in [0.4, 0.5) is 4.39 Å². The van der Waals surface area contributed by atoms with Crippen LogP contribution in [0, 0.1) is 5.82 Å². The lowest BCUT2D eigenvalue weighted by atomic mass is 10.1. The molecule has 1 aliphatic rings. The molecule has 4 aromatic rings. The first-order valence-corrected chi connectivity index (χ1v) is 11.4. The van der Waals surface area contributed by atoms with Crippen LogP contribution in [0.2, 0.25) is 0 Å². The second-order valence-electron chi connectivity index (χ2n) is 8.46. The SMILES string of the molecule is C=CC(=O)N1CCC[C@@H](n2nc(-c3ccc(Oc4ccncc4C(N)=O)cc3)c3cncc(F)c32)C1. The van der Waals surface area contributed by atoms with E-state index in [4.69, 9.17) is 15.6 Å². The minimum Gasteiger partial charge on any atom is -0.456 e. The molecular weight excluding hydrogens is 463 g/mol. The number of ether oxygens (including phenoxy) is 1. The van der Waals surface area contributed by atoms with Crippen molar-refractivity contribution < 1.29 is 18.7 Å². The van der Waals surface area contributed by atoms with Crippen molar-refractivity contribution in [2.75, 3.05) is 13.1 Å². The largest absolute Gasteiger partial charge is 0.456 e. The molecule has 36 heavy (non-hydrogen) atoms. The standard InChI is InChI=1S/C26H23FN6O3/c1-2-23(34)32-11-3-4-17(15-32)33-25-20(13-30-14-21(25)27)24(31-33)16-5-7-18(8-6-16)36-22-9-10-29-12-19(22)26(28)35/h2,5-10,12-14,17H,1,3-4,11,15H2,(H2,28,35)/t17-/m1/s1. The molecule has 9 nitrogen and oxygen atoms in total. The maximum atomic E-state index is 15.0. The lowest BCUT2D eigenvalue weighted by molar-refractivity contribution is -0.127. The van der Waals surface area contributed by atoms with Gasteiger partial charge in [0.2, 0.25) is 5.91 Å². The molecule has 10 heteroatoms. The molecular formula is C26H23FN6O3. The van der Waals surface area contributed by atoms with Crippen molar-refractivity contribution in [1.29, 1.82) is 0 Å². The Morgan fingerprint density at radius 2 is 1.94 bits per heavy atom. The highest BCUT2D eigenvalue weighted by atomic mass is 19.1. The van der Waals surface area contributed by atoms with E-state index in [0.29, 0.717) is 41.2 Å². The number of fused-ring (bicyclic) bond motifs is 1. The third kappa shape index (κ3) is 4.28. The minimum absolute atomic E-state index is 0.150. The number of halogens is 1. The number of primary amides is 1. The molecule has 5 rings (SSSR count). The Morgan fingerprint density at radius 3 is 2.69 bits per heavy atom. The number of nitrogens with two attached hydrogens (primary N) is 1. The summed E-state index contributed by atoms with van der Waals surface area (Å²) < 4.78 is 22.5. The second-order valence-corrected chi connectivity index (χ2v) is 8.46. The van der Waals surface area contributed by atoms with E-state index in [1.54, 1.807) is 46.1 Å².